The molecule has 0 aliphatic heterocycles. The van der Waals surface area contributed by atoms with E-state index in [0.29, 0.717) is 11.5 Å². The van der Waals surface area contributed by atoms with E-state index in [4.69, 9.17) is 0 Å². The summed E-state index contributed by atoms with van der Waals surface area (Å²) in [6.07, 6.45) is 6.37. The van der Waals surface area contributed by atoms with E-state index < -0.39 is 0 Å². The topological polar surface area (TPSA) is 27.0 Å². The average molecular weight is 262 g/mol. The number of hydrogen-bond donors (Lipinski definition) is 0. The quantitative estimate of drug-likeness (QED) is 0.763. The van der Waals surface area contributed by atoms with Gasteiger partial charge in [0.25, 0.3) is 0 Å². The summed E-state index contributed by atoms with van der Waals surface area (Å²) >= 11 is 0. The van der Waals surface area contributed by atoms with Crippen molar-refractivity contribution in [1.82, 2.24) is 4.90 Å². The highest BCUT2D eigenvalue weighted by Gasteiger charge is 2.39. The van der Waals surface area contributed by atoms with Crippen molar-refractivity contribution in [2.24, 2.45) is 23.2 Å². The molecule has 2 rings (SSSR count). The number of nitriles is 1. The molecule has 0 aromatic rings. The SMILES string of the molecule is CCN(CC1CC1)C1CC(C(C)(C)C)CCC1C#N. The van der Waals surface area contributed by atoms with Gasteiger partial charge < -0.3 is 0 Å². The van der Waals surface area contributed by atoms with Gasteiger partial charge in [-0.1, -0.05) is 27.7 Å². The van der Waals surface area contributed by atoms with Crippen LogP contribution in [-0.4, -0.2) is 24.0 Å². The van der Waals surface area contributed by atoms with Crippen LogP contribution in [0.2, 0.25) is 0 Å². The van der Waals surface area contributed by atoms with Gasteiger partial charge in [-0.25, -0.2) is 0 Å². The minimum Gasteiger partial charge on any atom is -0.299 e. The summed E-state index contributed by atoms with van der Waals surface area (Å²) < 4.78 is 0. The molecule has 0 amide bonds. The Hall–Kier alpha value is -0.550. The van der Waals surface area contributed by atoms with Crippen molar-refractivity contribution in [1.29, 1.82) is 5.26 Å². The van der Waals surface area contributed by atoms with Crippen LogP contribution < -0.4 is 0 Å². The van der Waals surface area contributed by atoms with Crippen molar-refractivity contribution in [3.63, 3.8) is 0 Å². The fraction of sp³-hybridized carbons (Fsp3) is 0.941. The molecule has 19 heavy (non-hydrogen) atoms. The van der Waals surface area contributed by atoms with Gasteiger partial charge in [-0.15, -0.1) is 0 Å². The van der Waals surface area contributed by atoms with Crippen LogP contribution in [0.5, 0.6) is 0 Å². The van der Waals surface area contributed by atoms with E-state index in [1.54, 1.807) is 0 Å². The molecule has 0 N–H and O–H groups in total. The average Bonchev–Trinajstić information content (AvgIpc) is 3.18. The Balaban J connectivity index is 2.05. The summed E-state index contributed by atoms with van der Waals surface area (Å²) in [5.74, 6) is 1.96. The molecule has 2 aliphatic rings. The molecule has 2 saturated carbocycles. The highest BCUT2D eigenvalue weighted by atomic mass is 15.2. The molecule has 0 bridgehead atoms. The minimum absolute atomic E-state index is 0.261. The Kier molecular flexibility index (Phi) is 4.56. The maximum Gasteiger partial charge on any atom is 0.0672 e. The van der Waals surface area contributed by atoms with Crippen LogP contribution in [0, 0.1) is 34.5 Å². The fourth-order valence-corrected chi connectivity index (χ4v) is 3.62. The third kappa shape index (κ3) is 3.72. The summed E-state index contributed by atoms with van der Waals surface area (Å²) in [5, 5.41) is 9.47. The van der Waals surface area contributed by atoms with Gasteiger partial charge in [0.2, 0.25) is 0 Å². The van der Waals surface area contributed by atoms with Crippen LogP contribution in [0.25, 0.3) is 0 Å². The molecule has 2 heteroatoms. The van der Waals surface area contributed by atoms with Crippen LogP contribution in [0.3, 0.4) is 0 Å². The zero-order chi connectivity index (χ0) is 14.0. The second-order valence-corrected chi connectivity index (χ2v) is 7.71. The van der Waals surface area contributed by atoms with Gasteiger partial charge in [-0.2, -0.15) is 5.26 Å². The maximum absolute atomic E-state index is 9.47. The van der Waals surface area contributed by atoms with Gasteiger partial charge >= 0.3 is 0 Å². The third-order valence-electron chi connectivity index (χ3n) is 5.27. The van der Waals surface area contributed by atoms with Gasteiger partial charge in [0.05, 0.1) is 12.0 Å². The Morgan fingerprint density at radius 1 is 1.16 bits per heavy atom. The number of nitrogens with zero attached hydrogens (tertiary/aromatic N) is 2. The molecule has 0 radical (unpaired) electrons. The number of hydrogen-bond acceptors (Lipinski definition) is 2. The van der Waals surface area contributed by atoms with E-state index in [1.807, 2.05) is 0 Å². The highest BCUT2D eigenvalue weighted by Crippen LogP contribution is 2.42. The smallest absolute Gasteiger partial charge is 0.0672 e. The van der Waals surface area contributed by atoms with Gasteiger partial charge in [0, 0.05) is 12.6 Å². The van der Waals surface area contributed by atoms with Gasteiger partial charge in [-0.05, 0) is 55.9 Å². The van der Waals surface area contributed by atoms with Crippen molar-refractivity contribution in [2.45, 2.75) is 65.8 Å². The van der Waals surface area contributed by atoms with Gasteiger partial charge in [-0.3, -0.25) is 4.90 Å². The van der Waals surface area contributed by atoms with Crippen molar-refractivity contribution in [2.75, 3.05) is 13.1 Å². The monoisotopic (exact) mass is 262 g/mol. The van der Waals surface area contributed by atoms with Crippen LogP contribution in [0.4, 0.5) is 0 Å². The molecule has 108 valence electrons. The predicted octanol–water partition coefficient (Wildman–Crippen LogP) is 4.07. The van der Waals surface area contributed by atoms with Crippen molar-refractivity contribution < 1.29 is 0 Å². The van der Waals surface area contributed by atoms with Crippen LogP contribution in [-0.2, 0) is 0 Å². The second-order valence-electron chi connectivity index (χ2n) is 7.71. The number of rotatable bonds is 4. The lowest BCUT2D eigenvalue weighted by Gasteiger charge is -2.44. The molecule has 0 aromatic carbocycles. The third-order valence-corrected chi connectivity index (χ3v) is 5.27. The zero-order valence-corrected chi connectivity index (χ0v) is 13.2. The van der Waals surface area contributed by atoms with E-state index in [0.717, 1.165) is 24.8 Å². The summed E-state index contributed by atoms with van der Waals surface area (Å²) in [7, 11) is 0. The Morgan fingerprint density at radius 3 is 2.32 bits per heavy atom. The second kappa shape index (κ2) is 5.83. The standard InChI is InChI=1S/C17H30N2/c1-5-19(12-13-6-7-13)16-10-15(17(2,3)4)9-8-14(16)11-18/h13-16H,5-10,12H2,1-4H3. The summed E-state index contributed by atoms with van der Waals surface area (Å²) in [4.78, 5) is 2.61. The lowest BCUT2D eigenvalue weighted by molar-refractivity contribution is 0.0605. The molecule has 0 aromatic heterocycles. The van der Waals surface area contributed by atoms with E-state index in [1.165, 1.54) is 32.2 Å². The van der Waals surface area contributed by atoms with E-state index >= 15 is 0 Å². The molecule has 0 heterocycles. The largest absolute Gasteiger partial charge is 0.299 e. The maximum atomic E-state index is 9.47. The molecule has 2 fully saturated rings. The first-order chi connectivity index (χ1) is 8.95. The van der Waals surface area contributed by atoms with Crippen molar-refractivity contribution >= 4 is 0 Å². The predicted molar refractivity (Wildman–Crippen MR) is 79.7 cm³/mol. The summed E-state index contributed by atoms with van der Waals surface area (Å²) in [6, 6.07) is 3.10. The molecule has 3 unspecified atom stereocenters. The highest BCUT2D eigenvalue weighted by molar-refractivity contribution is 5.00. The molecule has 3 atom stereocenters. The van der Waals surface area contributed by atoms with E-state index in [-0.39, 0.29) is 5.92 Å². The first-order valence-electron chi connectivity index (χ1n) is 8.09. The lowest BCUT2D eigenvalue weighted by atomic mass is 9.67. The summed E-state index contributed by atoms with van der Waals surface area (Å²) in [5.41, 5.74) is 0.387. The normalized spacial score (nSPS) is 32.3. The van der Waals surface area contributed by atoms with Crippen LogP contribution in [0.15, 0.2) is 0 Å². The molecular formula is C17H30N2. The van der Waals surface area contributed by atoms with E-state index in [2.05, 4.69) is 38.7 Å². The molecule has 2 nitrogen and oxygen atoms in total. The van der Waals surface area contributed by atoms with E-state index in [9.17, 15) is 5.26 Å². The molecule has 0 saturated heterocycles. The van der Waals surface area contributed by atoms with Gasteiger partial charge in [0.1, 0.15) is 0 Å². The Labute approximate surface area is 119 Å². The molecule has 0 spiro atoms. The van der Waals surface area contributed by atoms with Crippen molar-refractivity contribution in [3.05, 3.63) is 0 Å². The van der Waals surface area contributed by atoms with Crippen LogP contribution in [0.1, 0.15) is 59.8 Å². The Bertz CT molecular complexity index is 332. The zero-order valence-electron chi connectivity index (χ0n) is 13.2. The molecular weight excluding hydrogens is 232 g/mol. The molecule has 2 aliphatic carbocycles. The van der Waals surface area contributed by atoms with Crippen molar-refractivity contribution in [3.8, 4) is 6.07 Å². The fourth-order valence-electron chi connectivity index (χ4n) is 3.62. The first-order valence-corrected chi connectivity index (χ1v) is 8.09. The van der Waals surface area contributed by atoms with Gasteiger partial charge in [0.15, 0.2) is 0 Å². The lowest BCUT2D eigenvalue weighted by Crippen LogP contribution is -2.46. The summed E-state index contributed by atoms with van der Waals surface area (Å²) in [6.45, 7) is 11.7. The van der Waals surface area contributed by atoms with Crippen LogP contribution >= 0.6 is 0 Å². The Morgan fingerprint density at radius 2 is 1.84 bits per heavy atom. The first kappa shape index (κ1) is 14.9. The minimum atomic E-state index is 0.261.